The summed E-state index contributed by atoms with van der Waals surface area (Å²) >= 11 is 0. The third-order valence-corrected chi connectivity index (χ3v) is 5.27. The standard InChI is InChI=1S/C20H31N3O7S.C4H10/c1-13-8-14(2)19(15(9-13)30-18(26)11-21)20(3,4)10-16(24)23-12-17(25)22-6-5-7-31(27,28)29;1-4(2)3/h8-9H,5-7,10-12,21H2,1-4H3,(H,22,25)(H,23,24)(H,27,28,29);4H,1-3H3. The van der Waals surface area contributed by atoms with E-state index in [9.17, 15) is 22.8 Å². The van der Waals surface area contributed by atoms with Crippen LogP contribution in [0.25, 0.3) is 0 Å². The Morgan fingerprint density at radius 3 is 2.17 bits per heavy atom. The van der Waals surface area contributed by atoms with E-state index in [-0.39, 0.29) is 38.4 Å². The number of nitrogens with one attached hydrogen (secondary N) is 2. The highest BCUT2D eigenvalue weighted by Crippen LogP contribution is 2.38. The van der Waals surface area contributed by atoms with Crippen molar-refractivity contribution < 1.29 is 32.1 Å². The number of hydrogen-bond acceptors (Lipinski definition) is 7. The maximum absolute atomic E-state index is 12.4. The van der Waals surface area contributed by atoms with Gasteiger partial charge in [-0.05, 0) is 43.4 Å². The molecule has 35 heavy (non-hydrogen) atoms. The quantitative estimate of drug-likeness (QED) is 0.150. The minimum Gasteiger partial charge on any atom is -0.425 e. The molecule has 0 atom stereocenters. The van der Waals surface area contributed by atoms with Crippen LogP contribution in [0.15, 0.2) is 12.1 Å². The van der Waals surface area contributed by atoms with Crippen LogP contribution in [-0.4, -0.2) is 56.1 Å². The van der Waals surface area contributed by atoms with Gasteiger partial charge in [0.25, 0.3) is 10.1 Å². The van der Waals surface area contributed by atoms with E-state index in [2.05, 4.69) is 31.4 Å². The van der Waals surface area contributed by atoms with Crippen molar-refractivity contribution in [1.82, 2.24) is 10.6 Å². The van der Waals surface area contributed by atoms with Gasteiger partial charge < -0.3 is 21.1 Å². The second kappa shape index (κ2) is 14.8. The maximum atomic E-state index is 12.4. The predicted molar refractivity (Wildman–Crippen MR) is 136 cm³/mol. The van der Waals surface area contributed by atoms with Gasteiger partial charge in [0.05, 0.1) is 18.8 Å². The minimum atomic E-state index is -4.07. The molecule has 11 heteroatoms. The molecule has 10 nitrogen and oxygen atoms in total. The van der Waals surface area contributed by atoms with Gasteiger partial charge in [0, 0.05) is 23.9 Å². The molecule has 0 radical (unpaired) electrons. The summed E-state index contributed by atoms with van der Waals surface area (Å²) in [6.07, 6.45) is 0.0860. The van der Waals surface area contributed by atoms with Crippen LogP contribution in [0.5, 0.6) is 5.75 Å². The van der Waals surface area contributed by atoms with Crippen molar-refractivity contribution in [3.63, 3.8) is 0 Å². The molecular weight excluding hydrogens is 474 g/mol. The first-order chi connectivity index (χ1) is 16.0. The Kier molecular flexibility index (Phi) is 13.7. The molecule has 2 amide bonds. The lowest BCUT2D eigenvalue weighted by molar-refractivity contribution is -0.132. The Hall–Kier alpha value is -2.50. The third kappa shape index (κ3) is 14.5. The highest BCUT2D eigenvalue weighted by Gasteiger charge is 2.30. The summed E-state index contributed by atoms with van der Waals surface area (Å²) in [5, 5.41) is 4.98. The third-order valence-electron chi connectivity index (χ3n) is 4.46. The summed E-state index contributed by atoms with van der Waals surface area (Å²) in [7, 11) is -4.07. The first-order valence-electron chi connectivity index (χ1n) is 11.5. The number of carbonyl (C=O) groups excluding carboxylic acids is 3. The SMILES string of the molecule is CC(C)C.Cc1cc(C)c(C(C)(C)CC(=O)NCC(=O)NCCCS(=O)(=O)O)c(OC(=O)CN)c1. The Morgan fingerprint density at radius 1 is 1.09 bits per heavy atom. The molecule has 0 aliphatic carbocycles. The summed E-state index contributed by atoms with van der Waals surface area (Å²) in [6, 6.07) is 3.64. The average molecular weight is 516 g/mol. The fourth-order valence-corrected chi connectivity index (χ4v) is 3.83. The van der Waals surface area contributed by atoms with Crippen molar-refractivity contribution in [2.45, 2.75) is 66.7 Å². The van der Waals surface area contributed by atoms with Gasteiger partial charge in [-0.25, -0.2) is 0 Å². The van der Waals surface area contributed by atoms with Crippen LogP contribution in [0.1, 0.15) is 64.2 Å². The Labute approximate surface area is 209 Å². The lowest BCUT2D eigenvalue weighted by Crippen LogP contribution is -2.39. The second-order valence-corrected chi connectivity index (χ2v) is 11.3. The number of esters is 1. The molecule has 0 aliphatic heterocycles. The van der Waals surface area contributed by atoms with Gasteiger partial charge in [0.1, 0.15) is 5.75 Å². The fraction of sp³-hybridized carbons (Fsp3) is 0.625. The van der Waals surface area contributed by atoms with E-state index in [0.29, 0.717) is 11.3 Å². The first-order valence-corrected chi connectivity index (χ1v) is 13.1. The molecule has 0 aromatic heterocycles. The molecule has 0 spiro atoms. The smallest absolute Gasteiger partial charge is 0.325 e. The zero-order valence-electron chi connectivity index (χ0n) is 21.9. The molecule has 0 saturated carbocycles. The Balaban J connectivity index is 0.00000267. The second-order valence-electron chi connectivity index (χ2n) is 9.69. The van der Waals surface area contributed by atoms with Crippen molar-refractivity contribution in [1.29, 1.82) is 0 Å². The summed E-state index contributed by atoms with van der Waals surface area (Å²) < 4.78 is 35.3. The number of amides is 2. The van der Waals surface area contributed by atoms with E-state index in [1.165, 1.54) is 0 Å². The van der Waals surface area contributed by atoms with Crippen molar-refractivity contribution in [2.24, 2.45) is 11.7 Å². The highest BCUT2D eigenvalue weighted by atomic mass is 32.2. The topological polar surface area (TPSA) is 165 Å². The number of benzene rings is 1. The van der Waals surface area contributed by atoms with Crippen LogP contribution in [0, 0.1) is 19.8 Å². The van der Waals surface area contributed by atoms with Crippen LogP contribution in [-0.2, 0) is 29.9 Å². The number of nitrogens with two attached hydrogens (primary N) is 1. The van der Waals surface area contributed by atoms with Crippen molar-refractivity contribution in [2.75, 3.05) is 25.4 Å². The summed E-state index contributed by atoms with van der Waals surface area (Å²) in [4.78, 5) is 36.0. The van der Waals surface area contributed by atoms with E-state index in [1.54, 1.807) is 6.07 Å². The monoisotopic (exact) mass is 515 g/mol. The normalized spacial score (nSPS) is 11.4. The van der Waals surface area contributed by atoms with Gasteiger partial charge in [-0.1, -0.05) is 40.7 Å². The zero-order chi connectivity index (χ0) is 27.4. The summed E-state index contributed by atoms with van der Waals surface area (Å²) in [6.45, 7) is 13.4. The van der Waals surface area contributed by atoms with Crippen molar-refractivity contribution in [3.8, 4) is 5.75 Å². The number of rotatable bonds is 11. The van der Waals surface area contributed by atoms with Crippen LogP contribution in [0.4, 0.5) is 0 Å². The highest BCUT2D eigenvalue weighted by molar-refractivity contribution is 7.85. The van der Waals surface area contributed by atoms with Crippen LogP contribution in [0.3, 0.4) is 0 Å². The molecule has 1 aromatic carbocycles. The molecule has 0 fully saturated rings. The average Bonchev–Trinajstić information content (AvgIpc) is 2.67. The number of carbonyl (C=O) groups is 3. The van der Waals surface area contributed by atoms with Gasteiger partial charge in [0.15, 0.2) is 0 Å². The van der Waals surface area contributed by atoms with E-state index in [0.717, 1.165) is 17.0 Å². The molecule has 5 N–H and O–H groups in total. The van der Waals surface area contributed by atoms with Crippen LogP contribution in [0.2, 0.25) is 0 Å². The first kappa shape index (κ1) is 32.5. The molecule has 1 rings (SSSR count). The van der Waals surface area contributed by atoms with Gasteiger partial charge in [-0.2, -0.15) is 8.42 Å². The molecule has 200 valence electrons. The number of hydrogen-bond donors (Lipinski definition) is 4. The lowest BCUT2D eigenvalue weighted by Gasteiger charge is -2.29. The molecule has 0 bridgehead atoms. The van der Waals surface area contributed by atoms with Crippen molar-refractivity contribution >= 4 is 27.9 Å². The fourth-order valence-electron chi connectivity index (χ4n) is 3.32. The predicted octanol–water partition coefficient (Wildman–Crippen LogP) is 2.01. The largest absolute Gasteiger partial charge is 0.425 e. The lowest BCUT2D eigenvalue weighted by atomic mass is 9.78. The maximum Gasteiger partial charge on any atom is 0.325 e. The zero-order valence-corrected chi connectivity index (χ0v) is 22.7. The van der Waals surface area contributed by atoms with Gasteiger partial charge in [-0.15, -0.1) is 0 Å². The molecule has 0 aliphatic rings. The van der Waals surface area contributed by atoms with E-state index < -0.39 is 33.2 Å². The summed E-state index contributed by atoms with van der Waals surface area (Å²) in [5.41, 5.74) is 7.09. The number of ether oxygens (including phenoxy) is 1. The van der Waals surface area contributed by atoms with E-state index in [1.807, 2.05) is 33.8 Å². The molecule has 0 heterocycles. The van der Waals surface area contributed by atoms with Crippen molar-refractivity contribution in [3.05, 3.63) is 28.8 Å². The molecular formula is C24H41N3O7S. The molecule has 0 saturated heterocycles. The summed E-state index contributed by atoms with van der Waals surface area (Å²) in [5.74, 6) is -0.722. The van der Waals surface area contributed by atoms with Gasteiger partial charge in [-0.3, -0.25) is 18.9 Å². The van der Waals surface area contributed by atoms with E-state index in [4.69, 9.17) is 15.0 Å². The van der Waals surface area contributed by atoms with Crippen LogP contribution < -0.4 is 21.1 Å². The van der Waals surface area contributed by atoms with Gasteiger partial charge >= 0.3 is 5.97 Å². The molecule has 1 aromatic rings. The molecule has 0 unspecified atom stereocenters. The van der Waals surface area contributed by atoms with Crippen LogP contribution >= 0.6 is 0 Å². The minimum absolute atomic E-state index is 0.0279. The Bertz CT molecular complexity index is 971. The van der Waals surface area contributed by atoms with Gasteiger partial charge in [0.2, 0.25) is 11.8 Å². The number of aryl methyl sites for hydroxylation is 2. The Morgan fingerprint density at radius 2 is 1.66 bits per heavy atom. The van der Waals surface area contributed by atoms with E-state index >= 15 is 0 Å².